The first-order chi connectivity index (χ1) is 9.22. The van der Waals surface area contributed by atoms with Crippen molar-refractivity contribution < 1.29 is 0 Å². The quantitative estimate of drug-likeness (QED) is 0.752. The number of imidazole rings is 1. The number of hydrogen-bond donors (Lipinski definition) is 2. The Morgan fingerprint density at radius 1 is 1.21 bits per heavy atom. The van der Waals surface area contributed by atoms with Gasteiger partial charge in [-0.3, -0.25) is 0 Å². The highest BCUT2D eigenvalue weighted by atomic mass is 35.5. The molecule has 0 atom stereocenters. The van der Waals surface area contributed by atoms with Crippen molar-refractivity contribution in [2.24, 2.45) is 0 Å². The van der Waals surface area contributed by atoms with Gasteiger partial charge in [0.1, 0.15) is 0 Å². The van der Waals surface area contributed by atoms with Gasteiger partial charge in [0.2, 0.25) is 5.95 Å². The third kappa shape index (κ3) is 2.56. The molecular weight excluding hydrogens is 258 g/mol. The molecule has 3 aromatic rings. The van der Waals surface area contributed by atoms with E-state index in [2.05, 4.69) is 34.3 Å². The van der Waals surface area contributed by atoms with Crippen LogP contribution in [0.3, 0.4) is 0 Å². The fraction of sp³-hybridized carbons (Fsp3) is 0.133. The molecule has 0 amide bonds. The third-order valence-corrected chi connectivity index (χ3v) is 3.41. The summed E-state index contributed by atoms with van der Waals surface area (Å²) in [4.78, 5) is 7.75. The van der Waals surface area contributed by atoms with Crippen LogP contribution in [-0.2, 0) is 6.54 Å². The van der Waals surface area contributed by atoms with Gasteiger partial charge in [0.15, 0.2) is 0 Å². The van der Waals surface area contributed by atoms with Gasteiger partial charge in [-0.25, -0.2) is 4.98 Å². The van der Waals surface area contributed by atoms with E-state index in [0.29, 0.717) is 6.54 Å². The van der Waals surface area contributed by atoms with Gasteiger partial charge in [0.25, 0.3) is 0 Å². The molecular formula is C15H14ClN3. The molecule has 19 heavy (non-hydrogen) atoms. The molecule has 1 aromatic heterocycles. The van der Waals surface area contributed by atoms with Crippen LogP contribution in [0, 0.1) is 6.92 Å². The highest BCUT2D eigenvalue weighted by Gasteiger charge is 2.03. The topological polar surface area (TPSA) is 40.7 Å². The zero-order valence-corrected chi connectivity index (χ0v) is 11.3. The maximum absolute atomic E-state index is 6.12. The summed E-state index contributed by atoms with van der Waals surface area (Å²) in [5, 5.41) is 4.03. The molecule has 2 N–H and O–H groups in total. The highest BCUT2D eigenvalue weighted by Crippen LogP contribution is 2.18. The average molecular weight is 272 g/mol. The minimum Gasteiger partial charge on any atom is -0.352 e. The van der Waals surface area contributed by atoms with Crippen LogP contribution < -0.4 is 5.32 Å². The summed E-state index contributed by atoms with van der Waals surface area (Å²) < 4.78 is 0. The molecule has 4 heteroatoms. The van der Waals surface area contributed by atoms with Crippen LogP contribution >= 0.6 is 11.6 Å². The molecule has 2 aromatic carbocycles. The summed E-state index contributed by atoms with van der Waals surface area (Å²) in [5.74, 6) is 0.764. The minimum absolute atomic E-state index is 0.651. The Hall–Kier alpha value is -2.00. The summed E-state index contributed by atoms with van der Waals surface area (Å²) in [6, 6.07) is 14.0. The van der Waals surface area contributed by atoms with E-state index in [0.717, 1.165) is 27.6 Å². The SMILES string of the molecule is Cc1ccc2nc(NCc3ccccc3Cl)[nH]c2c1. The van der Waals surface area contributed by atoms with E-state index >= 15 is 0 Å². The lowest BCUT2D eigenvalue weighted by atomic mass is 10.2. The predicted molar refractivity (Wildman–Crippen MR) is 79.6 cm³/mol. The molecule has 0 fully saturated rings. The molecule has 96 valence electrons. The Bertz CT molecular complexity index is 718. The number of H-pyrrole nitrogens is 1. The highest BCUT2D eigenvalue weighted by molar-refractivity contribution is 6.31. The van der Waals surface area contributed by atoms with Crippen molar-refractivity contribution in [3.63, 3.8) is 0 Å². The average Bonchev–Trinajstić information content (AvgIpc) is 2.79. The summed E-state index contributed by atoms with van der Waals surface area (Å²) in [6.07, 6.45) is 0. The number of aryl methyl sites for hydroxylation is 1. The molecule has 0 unspecified atom stereocenters. The van der Waals surface area contributed by atoms with Crippen molar-refractivity contribution >= 4 is 28.6 Å². The normalized spacial score (nSPS) is 10.8. The number of aromatic nitrogens is 2. The summed E-state index contributed by atoms with van der Waals surface area (Å²) in [6.45, 7) is 2.72. The van der Waals surface area contributed by atoms with Crippen LogP contribution in [0.5, 0.6) is 0 Å². The Kier molecular flexibility index (Phi) is 3.13. The Balaban J connectivity index is 1.80. The minimum atomic E-state index is 0.651. The van der Waals surface area contributed by atoms with E-state index in [4.69, 9.17) is 11.6 Å². The Labute approximate surface area is 116 Å². The second-order valence-electron chi connectivity index (χ2n) is 4.55. The molecule has 1 heterocycles. The number of anilines is 1. The lowest BCUT2D eigenvalue weighted by Crippen LogP contribution is -2.01. The summed E-state index contributed by atoms with van der Waals surface area (Å²) in [5.41, 5.74) is 4.28. The Morgan fingerprint density at radius 2 is 2.05 bits per heavy atom. The van der Waals surface area contributed by atoms with Gasteiger partial charge in [-0.1, -0.05) is 35.9 Å². The van der Waals surface area contributed by atoms with Gasteiger partial charge < -0.3 is 10.3 Å². The van der Waals surface area contributed by atoms with Crippen LogP contribution in [0.15, 0.2) is 42.5 Å². The number of nitrogens with zero attached hydrogens (tertiary/aromatic N) is 1. The maximum Gasteiger partial charge on any atom is 0.201 e. The van der Waals surface area contributed by atoms with Gasteiger partial charge in [-0.05, 0) is 36.2 Å². The number of fused-ring (bicyclic) bond motifs is 1. The van der Waals surface area contributed by atoms with Crippen LogP contribution in [-0.4, -0.2) is 9.97 Å². The second kappa shape index (κ2) is 4.94. The van der Waals surface area contributed by atoms with Gasteiger partial charge in [0, 0.05) is 11.6 Å². The molecule has 0 radical (unpaired) electrons. The zero-order chi connectivity index (χ0) is 13.2. The number of hydrogen-bond acceptors (Lipinski definition) is 2. The van der Waals surface area contributed by atoms with E-state index in [1.54, 1.807) is 0 Å². The van der Waals surface area contributed by atoms with Crippen molar-refractivity contribution in [2.45, 2.75) is 13.5 Å². The van der Waals surface area contributed by atoms with Crippen LogP contribution in [0.1, 0.15) is 11.1 Å². The van der Waals surface area contributed by atoms with E-state index in [9.17, 15) is 0 Å². The number of nitrogens with one attached hydrogen (secondary N) is 2. The Morgan fingerprint density at radius 3 is 2.89 bits per heavy atom. The van der Waals surface area contributed by atoms with Gasteiger partial charge >= 0.3 is 0 Å². The molecule has 3 nitrogen and oxygen atoms in total. The van der Waals surface area contributed by atoms with E-state index < -0.39 is 0 Å². The molecule has 3 rings (SSSR count). The van der Waals surface area contributed by atoms with E-state index in [-0.39, 0.29) is 0 Å². The van der Waals surface area contributed by atoms with Crippen LogP contribution in [0.25, 0.3) is 11.0 Å². The first-order valence-electron chi connectivity index (χ1n) is 6.16. The first-order valence-corrected chi connectivity index (χ1v) is 6.54. The fourth-order valence-corrected chi connectivity index (χ4v) is 2.23. The van der Waals surface area contributed by atoms with Crippen LogP contribution in [0.4, 0.5) is 5.95 Å². The number of rotatable bonds is 3. The molecule has 0 spiro atoms. The maximum atomic E-state index is 6.12. The first kappa shape index (κ1) is 12.1. The predicted octanol–water partition coefficient (Wildman–Crippen LogP) is 4.14. The molecule has 0 aliphatic heterocycles. The molecule has 0 aliphatic rings. The summed E-state index contributed by atoms with van der Waals surface area (Å²) in [7, 11) is 0. The molecule has 0 bridgehead atoms. The lowest BCUT2D eigenvalue weighted by molar-refractivity contribution is 1.10. The van der Waals surface area contributed by atoms with Gasteiger partial charge in [-0.2, -0.15) is 0 Å². The molecule has 0 aliphatic carbocycles. The van der Waals surface area contributed by atoms with Crippen molar-refractivity contribution in [1.82, 2.24) is 9.97 Å². The lowest BCUT2D eigenvalue weighted by Gasteiger charge is -2.04. The molecule has 0 saturated heterocycles. The third-order valence-electron chi connectivity index (χ3n) is 3.04. The second-order valence-corrected chi connectivity index (χ2v) is 4.96. The van der Waals surface area contributed by atoms with Crippen molar-refractivity contribution in [1.29, 1.82) is 0 Å². The smallest absolute Gasteiger partial charge is 0.201 e. The van der Waals surface area contributed by atoms with E-state index in [1.165, 1.54) is 5.56 Å². The molecule has 0 saturated carbocycles. The summed E-state index contributed by atoms with van der Waals surface area (Å²) >= 11 is 6.12. The zero-order valence-electron chi connectivity index (χ0n) is 10.6. The van der Waals surface area contributed by atoms with Crippen molar-refractivity contribution in [3.8, 4) is 0 Å². The fourth-order valence-electron chi connectivity index (χ4n) is 2.03. The van der Waals surface area contributed by atoms with Crippen molar-refractivity contribution in [3.05, 3.63) is 58.6 Å². The van der Waals surface area contributed by atoms with Gasteiger partial charge in [0.05, 0.1) is 11.0 Å². The standard InChI is InChI=1S/C15H14ClN3/c1-10-6-7-13-14(8-10)19-15(18-13)17-9-11-4-2-3-5-12(11)16/h2-8H,9H2,1H3,(H2,17,18,19). The van der Waals surface area contributed by atoms with Crippen molar-refractivity contribution in [2.75, 3.05) is 5.32 Å². The number of halogens is 1. The number of benzene rings is 2. The van der Waals surface area contributed by atoms with Gasteiger partial charge in [-0.15, -0.1) is 0 Å². The largest absolute Gasteiger partial charge is 0.352 e. The monoisotopic (exact) mass is 271 g/mol. The van der Waals surface area contributed by atoms with Crippen LogP contribution in [0.2, 0.25) is 5.02 Å². The van der Waals surface area contributed by atoms with E-state index in [1.807, 2.05) is 30.3 Å². The number of aromatic amines is 1.